The molecule has 1 amide bonds. The van der Waals surface area contributed by atoms with Crippen LogP contribution in [-0.4, -0.2) is 47.6 Å². The molecule has 108 valence electrons. The van der Waals surface area contributed by atoms with Gasteiger partial charge in [-0.25, -0.2) is 4.79 Å². The minimum absolute atomic E-state index is 0.130. The average molecular weight is 276 g/mol. The minimum atomic E-state index is -1.02. The number of carboxylic acid groups (broad SMARTS) is 1. The molecule has 0 unspecified atom stereocenters. The minimum Gasteiger partial charge on any atom is -0.478 e. The van der Waals surface area contributed by atoms with Gasteiger partial charge in [-0.1, -0.05) is 13.0 Å². The molecular weight excluding hydrogens is 256 g/mol. The van der Waals surface area contributed by atoms with Crippen molar-refractivity contribution in [1.29, 1.82) is 0 Å². The van der Waals surface area contributed by atoms with E-state index in [2.05, 4.69) is 17.1 Å². The quantitative estimate of drug-likeness (QED) is 0.793. The van der Waals surface area contributed by atoms with E-state index in [1.807, 2.05) is 0 Å². The second-order valence-electron chi connectivity index (χ2n) is 5.00. The smallest absolute Gasteiger partial charge is 0.335 e. The lowest BCUT2D eigenvalue weighted by molar-refractivity contribution is 0.0697. The van der Waals surface area contributed by atoms with Gasteiger partial charge in [0.15, 0.2) is 0 Å². The number of carbonyl (C=O) groups excluding carboxylic acids is 1. The second-order valence-corrected chi connectivity index (χ2v) is 5.00. The highest BCUT2D eigenvalue weighted by Crippen LogP contribution is 2.25. The highest BCUT2D eigenvalue weighted by molar-refractivity contribution is 5.97. The van der Waals surface area contributed by atoms with Crippen LogP contribution in [0, 0.1) is 0 Å². The van der Waals surface area contributed by atoms with E-state index in [1.165, 1.54) is 25.0 Å². The van der Waals surface area contributed by atoms with Gasteiger partial charge in [0.2, 0.25) is 0 Å². The van der Waals surface area contributed by atoms with Crippen molar-refractivity contribution in [1.82, 2.24) is 10.2 Å². The summed E-state index contributed by atoms with van der Waals surface area (Å²) in [7, 11) is 0. The van der Waals surface area contributed by atoms with Crippen molar-refractivity contribution in [2.45, 2.75) is 25.8 Å². The topological polar surface area (TPSA) is 69.6 Å². The number of nitrogens with one attached hydrogen (secondary N) is 1. The highest BCUT2D eigenvalue weighted by Gasteiger charge is 2.27. The molecule has 20 heavy (non-hydrogen) atoms. The standard InChI is InChI=1S/C15H20N2O3/c1-2-17(13-6-7-13)9-8-16-14(18)11-4-3-5-12(10-11)15(19)20/h3-5,10,13H,2,6-9H2,1H3,(H,16,18)(H,19,20). The molecule has 2 N–H and O–H groups in total. The summed E-state index contributed by atoms with van der Waals surface area (Å²) in [6, 6.07) is 6.77. The third-order valence-corrected chi connectivity index (χ3v) is 3.53. The maximum Gasteiger partial charge on any atom is 0.335 e. The predicted octanol–water partition coefficient (Wildman–Crippen LogP) is 1.60. The second kappa shape index (κ2) is 6.52. The normalized spacial score (nSPS) is 14.3. The predicted molar refractivity (Wildman–Crippen MR) is 76.0 cm³/mol. The number of carboxylic acids is 1. The number of hydrogen-bond donors (Lipinski definition) is 2. The zero-order valence-electron chi connectivity index (χ0n) is 11.6. The van der Waals surface area contributed by atoms with Gasteiger partial charge < -0.3 is 10.4 Å². The van der Waals surface area contributed by atoms with Gasteiger partial charge in [-0.2, -0.15) is 0 Å². The van der Waals surface area contributed by atoms with Gasteiger partial charge in [-0.05, 0) is 37.6 Å². The van der Waals surface area contributed by atoms with Crippen molar-refractivity contribution >= 4 is 11.9 Å². The van der Waals surface area contributed by atoms with Crippen molar-refractivity contribution in [3.05, 3.63) is 35.4 Å². The van der Waals surface area contributed by atoms with Crippen LogP contribution in [0.15, 0.2) is 24.3 Å². The van der Waals surface area contributed by atoms with Crippen molar-refractivity contribution in [3.8, 4) is 0 Å². The summed E-state index contributed by atoms with van der Waals surface area (Å²) in [4.78, 5) is 25.2. The largest absolute Gasteiger partial charge is 0.478 e. The fraction of sp³-hybridized carbons (Fsp3) is 0.467. The Morgan fingerprint density at radius 3 is 2.65 bits per heavy atom. The van der Waals surface area contributed by atoms with Crippen LogP contribution < -0.4 is 5.32 Å². The highest BCUT2D eigenvalue weighted by atomic mass is 16.4. The maximum atomic E-state index is 12.0. The van der Waals surface area contributed by atoms with Gasteiger partial charge in [0.25, 0.3) is 5.91 Å². The molecule has 2 rings (SSSR count). The van der Waals surface area contributed by atoms with E-state index >= 15 is 0 Å². The van der Waals surface area contributed by atoms with E-state index < -0.39 is 5.97 Å². The third kappa shape index (κ3) is 3.81. The average Bonchev–Trinajstić information content (AvgIpc) is 3.28. The monoisotopic (exact) mass is 276 g/mol. The Balaban J connectivity index is 1.85. The van der Waals surface area contributed by atoms with Crippen LogP contribution in [0.5, 0.6) is 0 Å². The Kier molecular flexibility index (Phi) is 4.74. The summed E-state index contributed by atoms with van der Waals surface area (Å²) in [6.45, 7) is 4.54. The fourth-order valence-electron chi connectivity index (χ4n) is 2.25. The molecule has 0 atom stereocenters. The van der Waals surface area contributed by atoms with Crippen LogP contribution in [0.1, 0.15) is 40.5 Å². The first-order chi connectivity index (χ1) is 9.61. The van der Waals surface area contributed by atoms with E-state index in [0.29, 0.717) is 18.2 Å². The molecule has 1 aromatic carbocycles. The van der Waals surface area contributed by atoms with Crippen LogP contribution in [0.3, 0.4) is 0 Å². The Morgan fingerprint density at radius 1 is 1.35 bits per heavy atom. The van der Waals surface area contributed by atoms with E-state index in [4.69, 9.17) is 5.11 Å². The number of rotatable bonds is 7. The zero-order chi connectivity index (χ0) is 14.5. The van der Waals surface area contributed by atoms with E-state index in [9.17, 15) is 9.59 Å². The molecule has 1 aromatic rings. The maximum absolute atomic E-state index is 12.0. The van der Waals surface area contributed by atoms with Gasteiger partial charge in [-0.15, -0.1) is 0 Å². The Labute approximate surface area is 118 Å². The van der Waals surface area contributed by atoms with Crippen LogP contribution in [-0.2, 0) is 0 Å². The van der Waals surface area contributed by atoms with Crippen LogP contribution >= 0.6 is 0 Å². The first-order valence-corrected chi connectivity index (χ1v) is 6.97. The number of hydrogen-bond acceptors (Lipinski definition) is 3. The first kappa shape index (κ1) is 14.5. The Morgan fingerprint density at radius 2 is 2.05 bits per heavy atom. The lowest BCUT2D eigenvalue weighted by Crippen LogP contribution is -2.36. The summed E-state index contributed by atoms with van der Waals surface area (Å²) in [5.41, 5.74) is 0.519. The van der Waals surface area contributed by atoms with Gasteiger partial charge in [-0.3, -0.25) is 9.69 Å². The number of amides is 1. The Hall–Kier alpha value is -1.88. The number of aromatic carboxylic acids is 1. The summed E-state index contributed by atoms with van der Waals surface area (Å²) in [5.74, 6) is -1.24. The molecule has 0 aromatic heterocycles. The van der Waals surface area contributed by atoms with Crippen molar-refractivity contribution in [2.24, 2.45) is 0 Å². The molecule has 0 heterocycles. The van der Waals surface area contributed by atoms with Crippen molar-refractivity contribution in [3.63, 3.8) is 0 Å². The molecule has 5 heteroatoms. The number of carbonyl (C=O) groups is 2. The first-order valence-electron chi connectivity index (χ1n) is 6.97. The molecule has 0 bridgehead atoms. The molecule has 0 aliphatic heterocycles. The Bertz CT molecular complexity index is 498. The number of nitrogens with zero attached hydrogens (tertiary/aromatic N) is 1. The van der Waals surface area contributed by atoms with Gasteiger partial charge in [0, 0.05) is 24.7 Å². The molecule has 0 radical (unpaired) electrons. The SMILES string of the molecule is CCN(CCNC(=O)c1cccc(C(=O)O)c1)C1CC1. The van der Waals surface area contributed by atoms with Crippen LogP contribution in [0.25, 0.3) is 0 Å². The van der Waals surface area contributed by atoms with Crippen LogP contribution in [0.2, 0.25) is 0 Å². The molecule has 1 aliphatic rings. The molecule has 1 fully saturated rings. The lowest BCUT2D eigenvalue weighted by atomic mass is 10.1. The summed E-state index contributed by atoms with van der Waals surface area (Å²) in [5, 5.41) is 11.7. The molecule has 5 nitrogen and oxygen atoms in total. The molecule has 1 aliphatic carbocycles. The summed E-state index contributed by atoms with van der Waals surface area (Å²) < 4.78 is 0. The molecular formula is C15H20N2O3. The van der Waals surface area contributed by atoms with Gasteiger partial charge >= 0.3 is 5.97 Å². The lowest BCUT2D eigenvalue weighted by Gasteiger charge is -2.19. The fourth-order valence-corrected chi connectivity index (χ4v) is 2.25. The van der Waals surface area contributed by atoms with Gasteiger partial charge in [0.05, 0.1) is 5.56 Å². The zero-order valence-corrected chi connectivity index (χ0v) is 11.6. The molecule has 1 saturated carbocycles. The molecule has 0 spiro atoms. The number of benzene rings is 1. The van der Waals surface area contributed by atoms with Crippen molar-refractivity contribution in [2.75, 3.05) is 19.6 Å². The third-order valence-electron chi connectivity index (χ3n) is 3.53. The number of likely N-dealkylation sites (N-methyl/N-ethyl adjacent to an activating group) is 1. The van der Waals surface area contributed by atoms with Crippen molar-refractivity contribution < 1.29 is 14.7 Å². The van der Waals surface area contributed by atoms with E-state index in [1.54, 1.807) is 12.1 Å². The van der Waals surface area contributed by atoms with E-state index in [0.717, 1.165) is 13.1 Å². The summed E-state index contributed by atoms with van der Waals surface area (Å²) in [6.07, 6.45) is 2.50. The summed E-state index contributed by atoms with van der Waals surface area (Å²) >= 11 is 0. The van der Waals surface area contributed by atoms with Gasteiger partial charge in [0.1, 0.15) is 0 Å². The van der Waals surface area contributed by atoms with E-state index in [-0.39, 0.29) is 11.5 Å². The van der Waals surface area contributed by atoms with Crippen LogP contribution in [0.4, 0.5) is 0 Å². The molecule has 0 saturated heterocycles.